The summed E-state index contributed by atoms with van der Waals surface area (Å²) in [7, 11) is 0. The molecule has 0 radical (unpaired) electrons. The number of ether oxygens (including phenoxy) is 1. The molecule has 0 unspecified atom stereocenters. The van der Waals surface area contributed by atoms with E-state index in [1.807, 2.05) is 0 Å². The molecule has 1 aromatic rings. The normalized spacial score (nSPS) is 10.0. The van der Waals surface area contributed by atoms with Crippen molar-refractivity contribution in [3.8, 4) is 0 Å². The summed E-state index contributed by atoms with van der Waals surface area (Å²) in [6.45, 7) is 1.81. The fourth-order valence-corrected chi connectivity index (χ4v) is 1.39. The highest BCUT2D eigenvalue weighted by molar-refractivity contribution is 9.10. The van der Waals surface area contributed by atoms with Gasteiger partial charge >= 0.3 is 11.8 Å². The average molecular weight is 278 g/mol. The van der Waals surface area contributed by atoms with E-state index in [2.05, 4.69) is 25.8 Å². The first-order chi connectivity index (χ1) is 7.04. The average Bonchev–Trinajstić information content (AvgIpc) is 2.47. The summed E-state index contributed by atoms with van der Waals surface area (Å²) in [6, 6.07) is 0. The Labute approximate surface area is 93.3 Å². The second kappa shape index (κ2) is 4.87. The van der Waals surface area contributed by atoms with Gasteiger partial charge in [0, 0.05) is 0 Å². The summed E-state index contributed by atoms with van der Waals surface area (Å²) in [5, 5.41) is 14.0. The first kappa shape index (κ1) is 11.6. The van der Waals surface area contributed by atoms with E-state index in [4.69, 9.17) is 0 Å². The van der Waals surface area contributed by atoms with E-state index in [0.29, 0.717) is 0 Å². The highest BCUT2D eigenvalue weighted by atomic mass is 79.9. The van der Waals surface area contributed by atoms with Crippen LogP contribution < -0.4 is 0 Å². The van der Waals surface area contributed by atoms with Crippen LogP contribution in [-0.4, -0.2) is 27.3 Å². The number of carbonyl (C=O) groups is 1. The van der Waals surface area contributed by atoms with Gasteiger partial charge in [0.05, 0.1) is 17.9 Å². The Morgan fingerprint density at radius 1 is 1.80 bits per heavy atom. The predicted octanol–water partition coefficient (Wildman–Crippen LogP) is 1.12. The number of nitrogens with zero attached hydrogens (tertiary/aromatic N) is 3. The molecule has 1 rings (SSSR count). The van der Waals surface area contributed by atoms with Crippen LogP contribution in [-0.2, 0) is 16.1 Å². The van der Waals surface area contributed by atoms with Gasteiger partial charge in [-0.2, -0.15) is 4.68 Å². The van der Waals surface area contributed by atoms with Crippen LogP contribution >= 0.6 is 15.9 Å². The molecule has 0 aromatic carbocycles. The van der Waals surface area contributed by atoms with Gasteiger partial charge in [-0.25, -0.2) is 4.79 Å². The maximum Gasteiger partial charge on any atom is 0.404 e. The van der Waals surface area contributed by atoms with Crippen molar-refractivity contribution in [2.75, 3.05) is 6.61 Å². The number of hydrogen-bond donors (Lipinski definition) is 0. The van der Waals surface area contributed by atoms with Crippen LogP contribution in [0.15, 0.2) is 10.7 Å². The van der Waals surface area contributed by atoms with E-state index in [1.165, 1.54) is 6.20 Å². The molecule has 0 bridgehead atoms. The molecule has 1 heterocycles. The van der Waals surface area contributed by atoms with Crippen molar-refractivity contribution < 1.29 is 14.5 Å². The molecule has 0 atom stereocenters. The predicted molar refractivity (Wildman–Crippen MR) is 53.2 cm³/mol. The molecular weight excluding hydrogens is 270 g/mol. The number of esters is 1. The molecule has 1 aromatic heterocycles. The molecule has 8 heteroatoms. The number of hydrogen-bond acceptors (Lipinski definition) is 5. The zero-order chi connectivity index (χ0) is 11.4. The minimum Gasteiger partial charge on any atom is -0.465 e. The van der Waals surface area contributed by atoms with Gasteiger partial charge in [-0.3, -0.25) is 0 Å². The van der Waals surface area contributed by atoms with Gasteiger partial charge in [-0.05, 0) is 27.8 Å². The molecule has 0 aliphatic carbocycles. The first-order valence-electron chi connectivity index (χ1n) is 4.07. The maximum absolute atomic E-state index is 11.0. The van der Waals surface area contributed by atoms with Crippen molar-refractivity contribution in [1.82, 2.24) is 9.78 Å². The molecule has 82 valence electrons. The molecule has 7 nitrogen and oxygen atoms in total. The van der Waals surface area contributed by atoms with Crippen molar-refractivity contribution >= 4 is 27.7 Å². The fourth-order valence-electron chi connectivity index (χ4n) is 0.930. The number of rotatable bonds is 4. The summed E-state index contributed by atoms with van der Waals surface area (Å²) in [5.74, 6) is -0.804. The Morgan fingerprint density at radius 2 is 2.47 bits per heavy atom. The molecule has 15 heavy (non-hydrogen) atoms. The molecule has 0 saturated heterocycles. The lowest BCUT2D eigenvalue weighted by Crippen LogP contribution is -2.13. The second-order valence-electron chi connectivity index (χ2n) is 2.56. The quantitative estimate of drug-likeness (QED) is 0.468. The molecule has 0 N–H and O–H groups in total. The van der Waals surface area contributed by atoms with Gasteiger partial charge in [-0.15, -0.1) is 0 Å². The summed E-state index contributed by atoms with van der Waals surface area (Å²) in [6.07, 6.45) is 1.36. The van der Waals surface area contributed by atoms with E-state index in [1.54, 1.807) is 6.92 Å². The number of nitro groups is 1. The Kier molecular flexibility index (Phi) is 3.78. The van der Waals surface area contributed by atoms with Crippen LogP contribution in [0.4, 0.5) is 5.82 Å². The summed E-state index contributed by atoms with van der Waals surface area (Å²) in [4.78, 5) is 20.8. The van der Waals surface area contributed by atoms with Gasteiger partial charge in [0.25, 0.3) is 0 Å². The lowest BCUT2D eigenvalue weighted by atomic mass is 10.6. The second-order valence-corrected chi connectivity index (χ2v) is 3.41. The zero-order valence-electron chi connectivity index (χ0n) is 7.84. The van der Waals surface area contributed by atoms with Crippen molar-refractivity contribution in [2.45, 2.75) is 13.5 Å². The minimum absolute atomic E-state index is 0.139. The van der Waals surface area contributed by atoms with Crippen LogP contribution in [0.2, 0.25) is 0 Å². The van der Waals surface area contributed by atoms with E-state index in [0.717, 1.165) is 4.68 Å². The van der Waals surface area contributed by atoms with Crippen LogP contribution in [0.3, 0.4) is 0 Å². The largest absolute Gasteiger partial charge is 0.465 e. The highest BCUT2D eigenvalue weighted by Crippen LogP contribution is 2.21. The van der Waals surface area contributed by atoms with Gasteiger partial charge in [0.1, 0.15) is 4.47 Å². The number of aromatic nitrogens is 2. The van der Waals surface area contributed by atoms with Gasteiger partial charge in [-0.1, -0.05) is 0 Å². The smallest absolute Gasteiger partial charge is 0.404 e. The van der Waals surface area contributed by atoms with E-state index in [9.17, 15) is 14.9 Å². The first-order valence-corrected chi connectivity index (χ1v) is 4.87. The third-order valence-electron chi connectivity index (χ3n) is 1.47. The topological polar surface area (TPSA) is 87.3 Å². The molecule has 0 amide bonds. The van der Waals surface area contributed by atoms with Crippen molar-refractivity contribution in [3.63, 3.8) is 0 Å². The van der Waals surface area contributed by atoms with Crippen LogP contribution in [0, 0.1) is 10.1 Å². The summed E-state index contributed by atoms with van der Waals surface area (Å²) in [5.41, 5.74) is 0. The number of halogens is 1. The Bertz CT molecular complexity index is 390. The van der Waals surface area contributed by atoms with Crippen molar-refractivity contribution in [3.05, 3.63) is 20.8 Å². The molecule has 0 saturated carbocycles. The maximum atomic E-state index is 11.0. The summed E-state index contributed by atoms with van der Waals surface area (Å²) >= 11 is 2.97. The van der Waals surface area contributed by atoms with Gasteiger partial charge in [0.2, 0.25) is 0 Å². The molecule has 0 spiro atoms. The molecule has 0 aliphatic heterocycles. The minimum atomic E-state index is -0.633. The van der Waals surface area contributed by atoms with E-state index >= 15 is 0 Å². The zero-order valence-corrected chi connectivity index (χ0v) is 9.43. The number of carbonyl (C=O) groups excluding carboxylic acids is 1. The SMILES string of the molecule is CCOC(=O)Cn1cc(Br)c([N+](=O)[O-])n1. The van der Waals surface area contributed by atoms with Gasteiger partial charge < -0.3 is 14.9 Å². The van der Waals surface area contributed by atoms with Crippen LogP contribution in [0.1, 0.15) is 6.92 Å². The molecule has 0 aliphatic rings. The van der Waals surface area contributed by atoms with E-state index < -0.39 is 10.9 Å². The summed E-state index contributed by atoms with van der Waals surface area (Å²) < 4.78 is 6.06. The molecule has 0 fully saturated rings. The van der Waals surface area contributed by atoms with Crippen molar-refractivity contribution in [2.24, 2.45) is 0 Å². The third-order valence-corrected chi connectivity index (χ3v) is 2.03. The highest BCUT2D eigenvalue weighted by Gasteiger charge is 2.19. The fraction of sp³-hybridized carbons (Fsp3) is 0.429. The van der Waals surface area contributed by atoms with E-state index in [-0.39, 0.29) is 23.4 Å². The lowest BCUT2D eigenvalue weighted by Gasteiger charge is -1.97. The monoisotopic (exact) mass is 277 g/mol. The standard InChI is InChI=1S/C7H8BrN3O4/c1-2-15-6(12)4-10-3-5(8)7(9-10)11(13)14/h3H,2,4H2,1H3. The van der Waals surface area contributed by atoms with Gasteiger partial charge in [0.15, 0.2) is 6.54 Å². The Hall–Kier alpha value is -1.44. The Balaban J connectivity index is 2.75. The lowest BCUT2D eigenvalue weighted by molar-refractivity contribution is -0.390. The molecular formula is C7H8BrN3O4. The van der Waals surface area contributed by atoms with Crippen LogP contribution in [0.5, 0.6) is 0 Å². The van der Waals surface area contributed by atoms with Crippen LogP contribution in [0.25, 0.3) is 0 Å². The van der Waals surface area contributed by atoms with Crippen molar-refractivity contribution in [1.29, 1.82) is 0 Å². The Morgan fingerprint density at radius 3 is 2.93 bits per heavy atom. The third kappa shape index (κ3) is 3.01.